The van der Waals surface area contributed by atoms with Crippen molar-refractivity contribution in [1.82, 2.24) is 19.2 Å². The Morgan fingerprint density at radius 1 is 1.38 bits per heavy atom. The van der Waals surface area contributed by atoms with Gasteiger partial charge >= 0.3 is 0 Å². The smallest absolute Gasteiger partial charge is 0.282 e. The van der Waals surface area contributed by atoms with E-state index in [0.29, 0.717) is 17.3 Å². The molecular formula is C11H14N6O2S2. The van der Waals surface area contributed by atoms with Gasteiger partial charge in [-0.1, -0.05) is 0 Å². The lowest BCUT2D eigenvalue weighted by molar-refractivity contribution is 0.596. The number of hydrogen-bond donors (Lipinski definition) is 2. The average molecular weight is 326 g/mol. The topological polar surface area (TPSA) is 93.3 Å². The molecule has 2 N–H and O–H groups in total. The van der Waals surface area contributed by atoms with Gasteiger partial charge in [-0.25, -0.2) is 4.98 Å². The van der Waals surface area contributed by atoms with Crippen LogP contribution in [0.4, 0.5) is 11.6 Å². The fourth-order valence-electron chi connectivity index (χ4n) is 1.96. The first kappa shape index (κ1) is 13.9. The summed E-state index contributed by atoms with van der Waals surface area (Å²) >= 11 is 1.37. The Kier molecular flexibility index (Phi) is 3.33. The molecule has 0 bridgehead atoms. The second kappa shape index (κ2) is 5.04. The van der Waals surface area contributed by atoms with Gasteiger partial charge < -0.3 is 5.32 Å². The van der Waals surface area contributed by atoms with Crippen molar-refractivity contribution in [2.45, 2.75) is 11.9 Å². The Morgan fingerprint density at radius 3 is 2.86 bits per heavy atom. The molecule has 0 aliphatic heterocycles. The normalized spacial score (nSPS) is 11.9. The molecule has 0 radical (unpaired) electrons. The molecular weight excluding hydrogens is 312 g/mol. The molecule has 0 saturated carbocycles. The number of thiazole rings is 1. The van der Waals surface area contributed by atoms with Crippen LogP contribution in [0, 0.1) is 0 Å². The fraction of sp³-hybridized carbons (Fsp3) is 0.273. The number of hydrogen-bond acceptors (Lipinski definition) is 6. The Bertz CT molecular complexity index is 876. The van der Waals surface area contributed by atoms with E-state index < -0.39 is 10.0 Å². The van der Waals surface area contributed by atoms with E-state index >= 15 is 0 Å². The summed E-state index contributed by atoms with van der Waals surface area (Å²) < 4.78 is 30.8. The lowest BCUT2D eigenvalue weighted by atomic mass is 10.6. The van der Waals surface area contributed by atoms with E-state index in [9.17, 15) is 8.42 Å². The lowest BCUT2D eigenvalue weighted by Crippen LogP contribution is -2.17. The van der Waals surface area contributed by atoms with Crippen molar-refractivity contribution in [3.05, 3.63) is 23.8 Å². The summed E-state index contributed by atoms with van der Waals surface area (Å²) in [5.74, 6) is 0.609. The summed E-state index contributed by atoms with van der Waals surface area (Å²) in [4.78, 5) is 4.92. The quantitative estimate of drug-likeness (QED) is 0.738. The van der Waals surface area contributed by atoms with E-state index in [0.717, 1.165) is 0 Å². The maximum Gasteiger partial charge on any atom is 0.282 e. The molecule has 3 aromatic heterocycles. The van der Waals surface area contributed by atoms with Gasteiger partial charge in [0, 0.05) is 37.4 Å². The number of imidazole rings is 1. The van der Waals surface area contributed by atoms with Gasteiger partial charge in [0.25, 0.3) is 10.0 Å². The predicted molar refractivity (Wildman–Crippen MR) is 81.2 cm³/mol. The highest BCUT2D eigenvalue weighted by Crippen LogP contribution is 2.26. The Hall–Kier alpha value is -2.07. The van der Waals surface area contributed by atoms with Crippen LogP contribution >= 0.6 is 11.3 Å². The van der Waals surface area contributed by atoms with Crippen molar-refractivity contribution in [2.24, 2.45) is 7.05 Å². The van der Waals surface area contributed by atoms with Crippen LogP contribution in [0.15, 0.2) is 28.9 Å². The average Bonchev–Trinajstić information content (AvgIpc) is 3.05. The summed E-state index contributed by atoms with van der Waals surface area (Å²) in [5, 5.41) is 8.89. The highest BCUT2D eigenvalue weighted by atomic mass is 32.2. The maximum atomic E-state index is 12.6. The van der Waals surface area contributed by atoms with Crippen LogP contribution in [0.5, 0.6) is 0 Å². The molecule has 3 aromatic rings. The number of aromatic nitrogens is 4. The molecule has 0 atom stereocenters. The second-order valence-corrected chi connectivity index (χ2v) is 6.80. The van der Waals surface area contributed by atoms with Gasteiger partial charge in [0.1, 0.15) is 0 Å². The number of nitrogens with zero attached hydrogens (tertiary/aromatic N) is 4. The van der Waals surface area contributed by atoms with E-state index in [2.05, 4.69) is 20.1 Å². The van der Waals surface area contributed by atoms with Crippen LogP contribution < -0.4 is 10.0 Å². The molecule has 0 aliphatic rings. The van der Waals surface area contributed by atoms with E-state index in [1.807, 2.05) is 6.92 Å². The summed E-state index contributed by atoms with van der Waals surface area (Å²) in [5.41, 5.74) is 0. The number of rotatable bonds is 5. The largest absolute Gasteiger partial charge is 0.368 e. The van der Waals surface area contributed by atoms with Crippen molar-refractivity contribution in [2.75, 3.05) is 16.6 Å². The lowest BCUT2D eigenvalue weighted by Gasteiger charge is -2.07. The van der Waals surface area contributed by atoms with Gasteiger partial charge in [-0.2, -0.15) is 13.5 Å². The van der Waals surface area contributed by atoms with Crippen LogP contribution in [0.25, 0.3) is 4.96 Å². The first-order chi connectivity index (χ1) is 10.0. The summed E-state index contributed by atoms with van der Waals surface area (Å²) in [6, 6.07) is 1.59. The summed E-state index contributed by atoms with van der Waals surface area (Å²) in [6.45, 7) is 2.47. The molecule has 10 heteroatoms. The molecule has 0 saturated heterocycles. The molecule has 3 rings (SSSR count). The van der Waals surface area contributed by atoms with Crippen LogP contribution in [0.1, 0.15) is 6.92 Å². The van der Waals surface area contributed by atoms with Gasteiger partial charge in [0.15, 0.2) is 16.6 Å². The summed E-state index contributed by atoms with van der Waals surface area (Å²) in [7, 11) is -2.07. The van der Waals surface area contributed by atoms with Gasteiger partial charge in [-0.05, 0) is 6.92 Å². The van der Waals surface area contributed by atoms with E-state index in [1.165, 1.54) is 16.0 Å². The number of anilines is 2. The van der Waals surface area contributed by atoms with E-state index in [-0.39, 0.29) is 10.8 Å². The molecule has 3 heterocycles. The minimum Gasteiger partial charge on any atom is -0.368 e. The molecule has 0 fully saturated rings. The third-order valence-corrected chi connectivity index (χ3v) is 4.90. The Balaban J connectivity index is 2.08. The van der Waals surface area contributed by atoms with Crippen molar-refractivity contribution in [3.63, 3.8) is 0 Å². The van der Waals surface area contributed by atoms with Crippen LogP contribution in [0.2, 0.25) is 0 Å². The van der Waals surface area contributed by atoms with Crippen molar-refractivity contribution in [1.29, 1.82) is 0 Å². The van der Waals surface area contributed by atoms with Crippen LogP contribution in [-0.2, 0) is 17.1 Å². The van der Waals surface area contributed by atoms with Crippen molar-refractivity contribution < 1.29 is 8.42 Å². The fourth-order valence-corrected chi connectivity index (χ4v) is 3.99. The zero-order valence-corrected chi connectivity index (χ0v) is 13.1. The van der Waals surface area contributed by atoms with Gasteiger partial charge in [-0.3, -0.25) is 13.8 Å². The number of nitrogens with one attached hydrogen (secondary N) is 2. The first-order valence-electron chi connectivity index (χ1n) is 6.23. The maximum absolute atomic E-state index is 12.6. The van der Waals surface area contributed by atoms with Gasteiger partial charge in [-0.15, -0.1) is 11.3 Å². The highest BCUT2D eigenvalue weighted by molar-refractivity contribution is 7.92. The van der Waals surface area contributed by atoms with Gasteiger partial charge in [0.2, 0.25) is 5.03 Å². The SMILES string of the molecule is CCNc1nc2sccn2c1S(=O)(=O)Nc1ccn(C)n1. The Labute approximate surface area is 125 Å². The molecule has 0 aliphatic carbocycles. The van der Waals surface area contributed by atoms with Crippen LogP contribution in [0.3, 0.4) is 0 Å². The van der Waals surface area contributed by atoms with E-state index in [1.54, 1.807) is 35.3 Å². The van der Waals surface area contributed by atoms with E-state index in [4.69, 9.17) is 0 Å². The Morgan fingerprint density at radius 2 is 2.19 bits per heavy atom. The third kappa shape index (κ3) is 2.47. The summed E-state index contributed by atoms with van der Waals surface area (Å²) in [6.07, 6.45) is 3.35. The highest BCUT2D eigenvalue weighted by Gasteiger charge is 2.26. The second-order valence-electron chi connectivity index (χ2n) is 4.33. The molecule has 0 amide bonds. The number of aryl methyl sites for hydroxylation is 1. The zero-order chi connectivity index (χ0) is 15.0. The predicted octanol–water partition coefficient (Wildman–Crippen LogP) is 1.36. The first-order valence-corrected chi connectivity index (χ1v) is 8.59. The minimum atomic E-state index is -3.79. The van der Waals surface area contributed by atoms with Gasteiger partial charge in [0.05, 0.1) is 0 Å². The minimum absolute atomic E-state index is 0.0891. The van der Waals surface area contributed by atoms with Crippen molar-refractivity contribution >= 4 is 38.0 Å². The molecule has 112 valence electrons. The number of fused-ring (bicyclic) bond motifs is 1. The van der Waals surface area contributed by atoms with Crippen LogP contribution in [-0.4, -0.2) is 34.1 Å². The molecule has 0 spiro atoms. The monoisotopic (exact) mass is 326 g/mol. The molecule has 0 unspecified atom stereocenters. The molecule has 21 heavy (non-hydrogen) atoms. The number of sulfonamides is 1. The molecule has 0 aromatic carbocycles. The molecule has 8 nitrogen and oxygen atoms in total. The zero-order valence-electron chi connectivity index (χ0n) is 11.4. The van der Waals surface area contributed by atoms with Crippen molar-refractivity contribution in [3.8, 4) is 0 Å². The standard InChI is InChI=1S/C11H14N6O2S2/c1-3-12-9-10(17-6-7-20-11(17)13-9)21(18,19)15-8-4-5-16(2)14-8/h4-7,12H,3H2,1-2H3,(H,14,15). The third-order valence-electron chi connectivity index (χ3n) is 2.77.